The maximum atomic E-state index is 6.52. The van der Waals surface area contributed by atoms with Crippen LogP contribution in [0.5, 0.6) is 0 Å². The Morgan fingerprint density at radius 1 is 0.694 bits per heavy atom. The molecule has 0 atom stereocenters. The van der Waals surface area contributed by atoms with Crippen molar-refractivity contribution in [3.63, 3.8) is 0 Å². The van der Waals surface area contributed by atoms with Crippen LogP contribution in [0.1, 0.15) is 0 Å². The Morgan fingerprint density at radius 3 is 2.27 bits per heavy atom. The van der Waals surface area contributed by atoms with Crippen molar-refractivity contribution in [2.24, 2.45) is 0 Å². The van der Waals surface area contributed by atoms with Crippen LogP contribution in [-0.2, 0) is 20.1 Å². The summed E-state index contributed by atoms with van der Waals surface area (Å²) in [5.41, 5.74) is 6.95. The summed E-state index contributed by atoms with van der Waals surface area (Å²) in [5.74, 6) is 0.723. The molecule has 5 aromatic carbocycles. The van der Waals surface area contributed by atoms with E-state index in [0.717, 1.165) is 66.6 Å². The Bertz CT molecular complexity index is 2540. The minimum atomic E-state index is -1.23. The van der Waals surface area contributed by atoms with E-state index in [1.807, 2.05) is 72.9 Å². The molecule has 9 aromatic rings. The van der Waals surface area contributed by atoms with E-state index in [9.17, 15) is 0 Å². The van der Waals surface area contributed by atoms with Gasteiger partial charge in [0.1, 0.15) is 5.58 Å². The molecular weight excluding hydrogens is 799 g/mol. The summed E-state index contributed by atoms with van der Waals surface area (Å²) in [5, 5.41) is 14.0. The van der Waals surface area contributed by atoms with E-state index in [-0.39, 0.29) is 20.1 Å². The van der Waals surface area contributed by atoms with Crippen LogP contribution < -0.4 is 5.19 Å². The monoisotopic (exact) mass is 830 g/mol. The molecule has 0 saturated heterocycles. The Labute approximate surface area is 298 Å². The number of aromatic nitrogens is 5. The number of imidazole rings is 1. The zero-order valence-corrected chi connectivity index (χ0v) is 30.6. The predicted octanol–water partition coefficient (Wildman–Crippen LogP) is 9.43. The van der Waals surface area contributed by atoms with Gasteiger partial charge >= 0.3 is 0 Å². The number of nitrogens with zero attached hydrogens (tertiary/aromatic N) is 5. The SMILES string of the molecule is C[Si](C)(C)c1ccc(-c2[c-]cccc2)nc1.[Ir].[c-]1ccc2c(oc3c4ccccc4ccc23)c1-c1nc2nnccc2n1-c1ccccc1. The molecule has 1 radical (unpaired) electrons. The normalized spacial score (nSPS) is 11.4. The van der Waals surface area contributed by atoms with Crippen LogP contribution in [0.2, 0.25) is 19.6 Å². The van der Waals surface area contributed by atoms with Crippen LogP contribution in [0.4, 0.5) is 0 Å². The molecule has 9 rings (SSSR count). The van der Waals surface area contributed by atoms with Crippen molar-refractivity contribution in [3.05, 3.63) is 146 Å². The van der Waals surface area contributed by atoms with Gasteiger partial charge in [-0.05, 0) is 34.5 Å². The van der Waals surface area contributed by atoms with Gasteiger partial charge in [0.2, 0.25) is 0 Å². The third kappa shape index (κ3) is 6.11. The molecule has 4 heterocycles. The number of fused-ring (bicyclic) bond motifs is 6. The first kappa shape index (κ1) is 32.3. The van der Waals surface area contributed by atoms with Gasteiger partial charge in [-0.3, -0.25) is 4.98 Å². The molecule has 0 N–H and O–H groups in total. The predicted molar refractivity (Wildman–Crippen MR) is 197 cm³/mol. The van der Waals surface area contributed by atoms with E-state index in [0.29, 0.717) is 5.65 Å². The van der Waals surface area contributed by atoms with Crippen molar-refractivity contribution in [3.8, 4) is 28.3 Å². The van der Waals surface area contributed by atoms with Crippen molar-refractivity contribution in [2.75, 3.05) is 0 Å². The molecule has 0 fully saturated rings. The molecule has 0 saturated carbocycles. The minimum absolute atomic E-state index is 0. The molecule has 0 spiro atoms. The van der Waals surface area contributed by atoms with Crippen molar-refractivity contribution in [2.45, 2.75) is 19.6 Å². The summed E-state index contributed by atoms with van der Waals surface area (Å²) >= 11 is 0. The number of furan rings is 1. The first-order valence-electron chi connectivity index (χ1n) is 15.9. The number of hydrogen-bond acceptors (Lipinski definition) is 5. The van der Waals surface area contributed by atoms with Gasteiger partial charge in [-0.15, -0.1) is 59.2 Å². The zero-order valence-electron chi connectivity index (χ0n) is 27.2. The standard InChI is InChI=1S/C27H15N4O.C14H16NSi.Ir/c1-2-8-18(9-3-1)31-23-15-16-28-30-26(23)29-27(31)22-12-6-11-20-21-14-13-17-7-4-5-10-19(17)24(21)32-25(20)22;1-16(2,3)13-9-10-14(15-11-13)12-7-5-4-6-8-12;/h1-11,13-16H;4-7,9-11H,1-3H3;/q2*-1;. The second-order valence-corrected chi connectivity index (χ2v) is 17.7. The molecule has 0 aliphatic heterocycles. The topological polar surface area (TPSA) is 69.6 Å². The third-order valence-corrected chi connectivity index (χ3v) is 10.5. The summed E-state index contributed by atoms with van der Waals surface area (Å²) < 4.78 is 8.60. The quantitative estimate of drug-likeness (QED) is 0.131. The number of pyridine rings is 1. The second kappa shape index (κ2) is 13.3. The molecule has 6 nitrogen and oxygen atoms in total. The summed E-state index contributed by atoms with van der Waals surface area (Å²) in [6.07, 6.45) is 3.70. The van der Waals surface area contributed by atoms with Gasteiger partial charge < -0.3 is 14.0 Å². The molecule has 49 heavy (non-hydrogen) atoms. The molecule has 241 valence electrons. The number of hydrogen-bond donors (Lipinski definition) is 0. The summed E-state index contributed by atoms with van der Waals surface area (Å²) in [7, 11) is -1.23. The summed E-state index contributed by atoms with van der Waals surface area (Å²) in [6, 6.07) is 47.4. The van der Waals surface area contributed by atoms with Crippen molar-refractivity contribution in [1.29, 1.82) is 0 Å². The van der Waals surface area contributed by atoms with Gasteiger partial charge in [0.05, 0.1) is 31.2 Å². The summed E-state index contributed by atoms with van der Waals surface area (Å²) in [6.45, 7) is 7.00. The first-order chi connectivity index (χ1) is 23.5. The van der Waals surface area contributed by atoms with E-state index in [1.165, 1.54) is 5.19 Å². The van der Waals surface area contributed by atoms with Crippen molar-refractivity contribution in [1.82, 2.24) is 24.7 Å². The third-order valence-electron chi connectivity index (χ3n) is 8.52. The Hall–Kier alpha value is -5.27. The van der Waals surface area contributed by atoms with E-state index in [1.54, 1.807) is 6.20 Å². The van der Waals surface area contributed by atoms with Crippen molar-refractivity contribution < 1.29 is 24.5 Å². The van der Waals surface area contributed by atoms with Crippen LogP contribution in [0.3, 0.4) is 0 Å². The maximum absolute atomic E-state index is 6.52. The number of benzene rings is 5. The molecule has 0 amide bonds. The van der Waals surface area contributed by atoms with Gasteiger partial charge in [0, 0.05) is 42.8 Å². The largest absolute Gasteiger partial charge is 0.500 e. The van der Waals surface area contributed by atoms with E-state index in [2.05, 4.69) is 106 Å². The fourth-order valence-electron chi connectivity index (χ4n) is 6.03. The summed E-state index contributed by atoms with van der Waals surface area (Å²) in [4.78, 5) is 9.36. The van der Waals surface area contributed by atoms with Crippen LogP contribution in [0.15, 0.2) is 138 Å². The van der Waals surface area contributed by atoms with Gasteiger partial charge in [0.25, 0.3) is 0 Å². The van der Waals surface area contributed by atoms with Gasteiger partial charge in [-0.25, -0.2) is 0 Å². The molecule has 0 unspecified atom stereocenters. The molecule has 0 aliphatic carbocycles. The van der Waals surface area contributed by atoms with Gasteiger partial charge in [-0.2, -0.15) is 5.10 Å². The molecule has 8 heteroatoms. The fourth-order valence-corrected chi connectivity index (χ4v) is 7.06. The fraction of sp³-hybridized carbons (Fsp3) is 0.0732. The van der Waals surface area contributed by atoms with E-state index in [4.69, 9.17) is 9.40 Å². The maximum Gasteiger partial charge on any atom is 0.190 e. The minimum Gasteiger partial charge on any atom is -0.500 e. The van der Waals surface area contributed by atoms with Crippen LogP contribution in [0, 0.1) is 12.1 Å². The van der Waals surface area contributed by atoms with E-state index < -0.39 is 8.07 Å². The molecular formula is C41H31IrN5OSi-2. The van der Waals surface area contributed by atoms with E-state index >= 15 is 0 Å². The Balaban J connectivity index is 0.000000189. The first-order valence-corrected chi connectivity index (χ1v) is 19.4. The molecule has 0 aliphatic rings. The number of para-hydroxylation sites is 1. The van der Waals surface area contributed by atoms with Crippen LogP contribution in [-0.4, -0.2) is 32.8 Å². The average Bonchev–Trinajstić information content (AvgIpc) is 3.72. The average molecular weight is 830 g/mol. The Morgan fingerprint density at radius 2 is 1.49 bits per heavy atom. The van der Waals surface area contributed by atoms with Gasteiger partial charge in [-0.1, -0.05) is 97.3 Å². The second-order valence-electron chi connectivity index (χ2n) is 12.7. The van der Waals surface area contributed by atoms with Gasteiger partial charge in [0.15, 0.2) is 5.65 Å². The Kier molecular flexibility index (Phi) is 8.78. The van der Waals surface area contributed by atoms with Crippen molar-refractivity contribution >= 4 is 57.1 Å². The molecule has 4 aromatic heterocycles. The van der Waals surface area contributed by atoms with Crippen LogP contribution >= 0.6 is 0 Å². The zero-order chi connectivity index (χ0) is 32.7. The smallest absolute Gasteiger partial charge is 0.190 e. The van der Waals surface area contributed by atoms with Crippen LogP contribution in [0.25, 0.3) is 72.2 Å². The number of rotatable bonds is 4. The molecule has 0 bridgehead atoms.